The van der Waals surface area contributed by atoms with Crippen molar-refractivity contribution in [2.75, 3.05) is 0 Å². The zero-order valence-corrected chi connectivity index (χ0v) is 15.1. The van der Waals surface area contributed by atoms with Crippen LogP contribution in [0.25, 0.3) is 0 Å². The average molecular weight is 334 g/mol. The molecule has 2 saturated heterocycles. The van der Waals surface area contributed by atoms with E-state index < -0.39 is 12.6 Å². The first-order valence-electron chi connectivity index (χ1n) is 9.45. The van der Waals surface area contributed by atoms with E-state index in [4.69, 9.17) is 9.47 Å². The number of rotatable bonds is 1. The fourth-order valence-electron chi connectivity index (χ4n) is 6.55. The van der Waals surface area contributed by atoms with Crippen molar-refractivity contribution in [1.29, 1.82) is 0 Å². The predicted molar refractivity (Wildman–Crippen MR) is 89.7 cm³/mol. The smallest absolute Gasteiger partial charge is 0.308 e. The number of allylic oxidation sites excluding steroid dienone is 1. The summed E-state index contributed by atoms with van der Waals surface area (Å²) in [5.41, 5.74) is 1.57. The molecule has 2 aliphatic carbocycles. The molecule has 4 nitrogen and oxygen atoms in total. The number of fused-ring (bicyclic) bond motifs is 2. The van der Waals surface area contributed by atoms with Crippen molar-refractivity contribution in [2.24, 2.45) is 34.5 Å². The normalized spacial score (nSPS) is 50.3. The van der Waals surface area contributed by atoms with Crippen LogP contribution in [0.2, 0.25) is 0 Å². The number of ether oxygens (including phenoxy) is 2. The van der Waals surface area contributed by atoms with Crippen LogP contribution in [0.1, 0.15) is 59.3 Å². The van der Waals surface area contributed by atoms with Gasteiger partial charge in [-0.25, -0.2) is 0 Å². The molecule has 134 valence electrons. The molecule has 4 fully saturated rings. The Morgan fingerprint density at radius 1 is 1.25 bits per heavy atom. The predicted octanol–water partition coefficient (Wildman–Crippen LogP) is 3.64. The number of hydrogen-bond donors (Lipinski definition) is 1. The van der Waals surface area contributed by atoms with Gasteiger partial charge in [0.2, 0.25) is 6.29 Å². The highest BCUT2D eigenvalue weighted by Crippen LogP contribution is 2.65. The third-order valence-corrected chi connectivity index (χ3v) is 7.67. The van der Waals surface area contributed by atoms with Gasteiger partial charge in [0.1, 0.15) is 0 Å². The molecule has 0 bridgehead atoms. The van der Waals surface area contributed by atoms with E-state index >= 15 is 0 Å². The standard InChI is InChI=1S/C20H30O4/c1-11-6-5-8-19(2,3)13-7-9-20(4,15(11)13)16-12-10-14(21)23-18(12)24-17(16)22/h12-13,15-18,22H,1,5-10H2,2-4H3/t12-,13+,15+,16?,17-,18+,20+/m0/s1. The number of aliphatic hydroxyl groups excluding tert-OH is 1. The van der Waals surface area contributed by atoms with E-state index in [1.807, 2.05) is 0 Å². The van der Waals surface area contributed by atoms with Gasteiger partial charge in [-0.2, -0.15) is 0 Å². The molecular formula is C20H30O4. The summed E-state index contributed by atoms with van der Waals surface area (Å²) in [6, 6.07) is 0. The minimum absolute atomic E-state index is 0.0181. The van der Waals surface area contributed by atoms with Crippen LogP contribution in [0.5, 0.6) is 0 Å². The van der Waals surface area contributed by atoms with Crippen LogP contribution in [-0.4, -0.2) is 23.7 Å². The third kappa shape index (κ3) is 2.22. The summed E-state index contributed by atoms with van der Waals surface area (Å²) < 4.78 is 10.9. The summed E-state index contributed by atoms with van der Waals surface area (Å²) in [5.74, 6) is 0.736. The van der Waals surface area contributed by atoms with Crippen LogP contribution in [-0.2, 0) is 14.3 Å². The Balaban J connectivity index is 1.71. The highest BCUT2D eigenvalue weighted by atomic mass is 16.8. The van der Waals surface area contributed by atoms with Crippen LogP contribution >= 0.6 is 0 Å². The maximum absolute atomic E-state index is 11.7. The molecule has 0 aromatic heterocycles. The van der Waals surface area contributed by atoms with E-state index in [9.17, 15) is 9.90 Å². The van der Waals surface area contributed by atoms with Crippen molar-refractivity contribution in [1.82, 2.24) is 0 Å². The number of aliphatic hydroxyl groups is 1. The number of carbonyl (C=O) groups is 1. The van der Waals surface area contributed by atoms with Gasteiger partial charge in [-0.05, 0) is 54.8 Å². The molecule has 0 aromatic rings. The van der Waals surface area contributed by atoms with Crippen LogP contribution in [0.4, 0.5) is 0 Å². The topological polar surface area (TPSA) is 55.8 Å². The molecule has 4 aliphatic rings. The average Bonchev–Trinajstić information content (AvgIpc) is 3.05. The molecule has 7 atom stereocenters. The molecule has 0 spiro atoms. The minimum atomic E-state index is -0.837. The van der Waals surface area contributed by atoms with Crippen molar-refractivity contribution >= 4 is 5.97 Å². The molecule has 0 radical (unpaired) electrons. The van der Waals surface area contributed by atoms with Crippen LogP contribution in [0.15, 0.2) is 12.2 Å². The van der Waals surface area contributed by atoms with Crippen LogP contribution in [0.3, 0.4) is 0 Å². The zero-order chi connectivity index (χ0) is 17.3. The molecule has 2 heterocycles. The summed E-state index contributed by atoms with van der Waals surface area (Å²) in [5, 5.41) is 10.6. The minimum Gasteiger partial charge on any atom is -0.435 e. The van der Waals surface area contributed by atoms with Gasteiger partial charge in [-0.3, -0.25) is 4.79 Å². The van der Waals surface area contributed by atoms with E-state index in [2.05, 4.69) is 27.4 Å². The fraction of sp³-hybridized carbons (Fsp3) is 0.850. The number of esters is 1. The van der Waals surface area contributed by atoms with E-state index in [1.54, 1.807) is 0 Å². The van der Waals surface area contributed by atoms with Gasteiger partial charge < -0.3 is 14.6 Å². The molecule has 1 unspecified atom stereocenters. The van der Waals surface area contributed by atoms with Gasteiger partial charge in [0, 0.05) is 11.8 Å². The summed E-state index contributed by atoms with van der Waals surface area (Å²) >= 11 is 0. The Morgan fingerprint density at radius 2 is 2.00 bits per heavy atom. The maximum Gasteiger partial charge on any atom is 0.308 e. The molecule has 4 heteroatoms. The van der Waals surface area contributed by atoms with Gasteiger partial charge in [0.05, 0.1) is 6.42 Å². The Kier molecular flexibility index (Phi) is 3.67. The number of hydrogen-bond acceptors (Lipinski definition) is 4. The van der Waals surface area contributed by atoms with Crippen molar-refractivity contribution in [2.45, 2.75) is 71.9 Å². The fourth-order valence-corrected chi connectivity index (χ4v) is 6.55. The van der Waals surface area contributed by atoms with E-state index in [0.29, 0.717) is 23.7 Å². The van der Waals surface area contributed by atoms with Gasteiger partial charge >= 0.3 is 5.97 Å². The third-order valence-electron chi connectivity index (χ3n) is 7.67. The Morgan fingerprint density at radius 3 is 2.75 bits per heavy atom. The van der Waals surface area contributed by atoms with Crippen molar-refractivity contribution in [3.05, 3.63) is 12.2 Å². The van der Waals surface area contributed by atoms with Crippen molar-refractivity contribution in [3.63, 3.8) is 0 Å². The lowest BCUT2D eigenvalue weighted by atomic mass is 9.59. The first-order chi connectivity index (χ1) is 11.2. The van der Waals surface area contributed by atoms with Gasteiger partial charge in [0.15, 0.2) is 6.29 Å². The molecule has 24 heavy (non-hydrogen) atoms. The van der Waals surface area contributed by atoms with E-state index in [-0.39, 0.29) is 23.2 Å². The summed E-state index contributed by atoms with van der Waals surface area (Å²) in [6.07, 6.45) is 4.72. The molecule has 0 amide bonds. The SMILES string of the molecule is C=C1CCCC(C)(C)[C@@H]2CC[C@@](C)(C3[C@@H](O)O[C@H]4OC(=O)C[C@@H]34)[C@H]12. The maximum atomic E-state index is 11.7. The van der Waals surface area contributed by atoms with Crippen molar-refractivity contribution < 1.29 is 19.4 Å². The van der Waals surface area contributed by atoms with Gasteiger partial charge in [-0.15, -0.1) is 0 Å². The molecule has 2 saturated carbocycles. The molecule has 1 N–H and O–H groups in total. The van der Waals surface area contributed by atoms with Crippen LogP contribution in [0, 0.1) is 34.5 Å². The lowest BCUT2D eigenvalue weighted by molar-refractivity contribution is -0.196. The lowest BCUT2D eigenvalue weighted by Crippen LogP contribution is -2.43. The molecule has 0 aromatic carbocycles. The second-order valence-corrected chi connectivity index (χ2v) is 9.41. The summed E-state index contributed by atoms with van der Waals surface area (Å²) in [7, 11) is 0. The monoisotopic (exact) mass is 334 g/mol. The van der Waals surface area contributed by atoms with Gasteiger partial charge in [-0.1, -0.05) is 32.9 Å². The lowest BCUT2D eigenvalue weighted by Gasteiger charge is -2.44. The quantitative estimate of drug-likeness (QED) is 0.587. The first kappa shape index (κ1) is 16.6. The molecule has 4 rings (SSSR count). The Labute approximate surface area is 144 Å². The highest BCUT2D eigenvalue weighted by molar-refractivity contribution is 5.72. The number of carbonyl (C=O) groups excluding carboxylic acids is 1. The van der Waals surface area contributed by atoms with Crippen LogP contribution < -0.4 is 0 Å². The summed E-state index contributed by atoms with van der Waals surface area (Å²) in [4.78, 5) is 11.7. The summed E-state index contributed by atoms with van der Waals surface area (Å²) in [6.45, 7) is 11.5. The van der Waals surface area contributed by atoms with E-state index in [0.717, 1.165) is 12.8 Å². The second-order valence-electron chi connectivity index (χ2n) is 9.41. The highest BCUT2D eigenvalue weighted by Gasteiger charge is 2.63. The Bertz CT molecular complexity index is 568. The Hall–Kier alpha value is -0.870. The van der Waals surface area contributed by atoms with Crippen molar-refractivity contribution in [3.8, 4) is 0 Å². The second kappa shape index (κ2) is 5.31. The molecular weight excluding hydrogens is 304 g/mol. The molecule has 2 aliphatic heterocycles. The zero-order valence-electron chi connectivity index (χ0n) is 15.1. The largest absolute Gasteiger partial charge is 0.435 e. The van der Waals surface area contributed by atoms with Gasteiger partial charge in [0.25, 0.3) is 0 Å². The van der Waals surface area contributed by atoms with E-state index in [1.165, 1.54) is 24.8 Å². The first-order valence-corrected chi connectivity index (χ1v) is 9.45.